The molecule has 6 nitrogen and oxygen atoms in total. The van der Waals surface area contributed by atoms with Crippen LogP contribution in [0, 0.1) is 11.3 Å². The number of anilines is 1. The van der Waals surface area contributed by atoms with Crippen LogP contribution >= 0.6 is 0 Å². The van der Waals surface area contributed by atoms with E-state index in [4.69, 9.17) is 5.26 Å². The number of carbonyl (C=O) groups is 2. The first-order valence-corrected chi connectivity index (χ1v) is 6.54. The molecule has 6 heteroatoms. The number of benzene rings is 1. The van der Waals surface area contributed by atoms with E-state index in [1.165, 1.54) is 11.8 Å². The normalized spacial score (nSPS) is 10.4. The molecule has 0 heterocycles. The number of carbonyl (C=O) groups excluding carboxylic acids is 2. The molecule has 0 unspecified atom stereocenters. The molecule has 0 saturated carbocycles. The lowest BCUT2D eigenvalue weighted by Crippen LogP contribution is -2.32. The van der Waals surface area contributed by atoms with Crippen molar-refractivity contribution in [3.05, 3.63) is 41.6 Å². The average molecular weight is 287 g/mol. The van der Waals surface area contributed by atoms with Gasteiger partial charge in [-0.1, -0.05) is 19.1 Å². The Bertz CT molecular complexity index is 571. The summed E-state index contributed by atoms with van der Waals surface area (Å²) in [5.74, 6) is -0.811. The molecule has 0 aliphatic carbocycles. The van der Waals surface area contributed by atoms with Crippen LogP contribution in [-0.4, -0.2) is 18.6 Å². The van der Waals surface area contributed by atoms with E-state index in [9.17, 15) is 9.59 Å². The number of hydrogen-bond acceptors (Lipinski definition) is 5. The van der Waals surface area contributed by atoms with Gasteiger partial charge < -0.3 is 10.1 Å². The molecule has 0 atom stereocenters. The zero-order valence-electron chi connectivity index (χ0n) is 12.0. The minimum atomic E-state index is -0.879. The van der Waals surface area contributed by atoms with Gasteiger partial charge in [0.2, 0.25) is 0 Å². The van der Waals surface area contributed by atoms with Gasteiger partial charge in [0.05, 0.1) is 6.61 Å². The zero-order valence-corrected chi connectivity index (χ0v) is 12.0. The minimum absolute atomic E-state index is 0.146. The monoisotopic (exact) mass is 287 g/mol. The molecule has 2 amide bonds. The summed E-state index contributed by atoms with van der Waals surface area (Å²) in [6, 6.07) is 9.29. The van der Waals surface area contributed by atoms with E-state index in [1.807, 2.05) is 29.6 Å². The molecule has 0 aromatic heterocycles. The van der Waals surface area contributed by atoms with Crippen LogP contribution in [0.15, 0.2) is 36.0 Å². The van der Waals surface area contributed by atoms with E-state index >= 15 is 0 Å². The molecule has 0 saturated heterocycles. The van der Waals surface area contributed by atoms with E-state index in [0.717, 1.165) is 12.1 Å². The summed E-state index contributed by atoms with van der Waals surface area (Å²) in [6.07, 6.45) is 1.30. The van der Waals surface area contributed by atoms with Gasteiger partial charge in [-0.05, 0) is 31.0 Å². The van der Waals surface area contributed by atoms with Gasteiger partial charge in [-0.2, -0.15) is 5.26 Å². The van der Waals surface area contributed by atoms with E-state index in [2.05, 4.69) is 17.0 Å². The number of nitriles is 1. The molecule has 0 radical (unpaired) electrons. The Morgan fingerprint density at radius 2 is 1.95 bits per heavy atom. The first-order chi connectivity index (χ1) is 10.1. The molecule has 2 N–H and O–H groups in total. The molecule has 1 aromatic carbocycles. The Hall–Kier alpha value is -2.81. The van der Waals surface area contributed by atoms with Gasteiger partial charge in [-0.25, -0.2) is 4.79 Å². The maximum atomic E-state index is 11.6. The number of rotatable bonds is 5. The van der Waals surface area contributed by atoms with Crippen LogP contribution in [0.1, 0.15) is 19.4 Å². The number of nitrogens with one attached hydrogen (secondary N) is 2. The van der Waals surface area contributed by atoms with Crippen molar-refractivity contribution in [1.82, 2.24) is 5.32 Å². The fourth-order valence-corrected chi connectivity index (χ4v) is 1.47. The van der Waals surface area contributed by atoms with Crippen LogP contribution in [0.5, 0.6) is 0 Å². The lowest BCUT2D eigenvalue weighted by molar-refractivity contribution is -0.116. The molecule has 1 aromatic rings. The minimum Gasteiger partial charge on any atom is -0.450 e. The predicted octanol–water partition coefficient (Wildman–Crippen LogP) is 2.34. The van der Waals surface area contributed by atoms with Gasteiger partial charge in [0.15, 0.2) is 0 Å². The second-order valence-corrected chi connectivity index (χ2v) is 4.04. The molecule has 0 aliphatic heterocycles. The van der Waals surface area contributed by atoms with Crippen molar-refractivity contribution >= 4 is 17.7 Å². The van der Waals surface area contributed by atoms with E-state index < -0.39 is 12.0 Å². The summed E-state index contributed by atoms with van der Waals surface area (Å²) in [5, 5.41) is 13.7. The quantitative estimate of drug-likeness (QED) is 0.640. The lowest BCUT2D eigenvalue weighted by atomic mass is 10.1. The number of alkyl carbamates (subject to hydrolysis) is 1. The Morgan fingerprint density at radius 1 is 1.29 bits per heavy atom. The molecular weight excluding hydrogens is 270 g/mol. The summed E-state index contributed by atoms with van der Waals surface area (Å²) >= 11 is 0. The SMILES string of the molecule is CCOC(=O)NC(=O)C(C#N)=CNc1ccc(CC)cc1. The highest BCUT2D eigenvalue weighted by Crippen LogP contribution is 2.10. The van der Waals surface area contributed by atoms with Gasteiger partial charge in [0, 0.05) is 11.9 Å². The van der Waals surface area contributed by atoms with Crippen molar-refractivity contribution < 1.29 is 14.3 Å². The van der Waals surface area contributed by atoms with Gasteiger partial charge in [-0.3, -0.25) is 10.1 Å². The zero-order chi connectivity index (χ0) is 15.7. The maximum absolute atomic E-state index is 11.6. The smallest absolute Gasteiger partial charge is 0.414 e. The van der Waals surface area contributed by atoms with Crippen molar-refractivity contribution in [2.24, 2.45) is 0 Å². The first kappa shape index (κ1) is 16.2. The van der Waals surface area contributed by atoms with Crippen LogP contribution < -0.4 is 10.6 Å². The summed E-state index contributed by atoms with van der Waals surface area (Å²) in [4.78, 5) is 22.7. The third-order valence-electron chi connectivity index (χ3n) is 2.60. The molecule has 0 spiro atoms. The summed E-state index contributed by atoms with van der Waals surface area (Å²) in [5.41, 5.74) is 1.71. The highest BCUT2D eigenvalue weighted by Gasteiger charge is 2.13. The highest BCUT2D eigenvalue weighted by atomic mass is 16.5. The molecule has 0 bridgehead atoms. The van der Waals surface area contributed by atoms with Crippen LogP contribution in [0.25, 0.3) is 0 Å². The van der Waals surface area contributed by atoms with Crippen molar-refractivity contribution in [2.75, 3.05) is 11.9 Å². The molecule has 0 fully saturated rings. The number of ether oxygens (including phenoxy) is 1. The van der Waals surface area contributed by atoms with Crippen LogP contribution in [-0.2, 0) is 16.0 Å². The van der Waals surface area contributed by atoms with Gasteiger partial charge in [0.1, 0.15) is 11.6 Å². The van der Waals surface area contributed by atoms with Crippen molar-refractivity contribution in [2.45, 2.75) is 20.3 Å². The Balaban J connectivity index is 2.68. The highest BCUT2D eigenvalue weighted by molar-refractivity contribution is 6.05. The number of imide groups is 1. The van der Waals surface area contributed by atoms with E-state index in [1.54, 1.807) is 13.0 Å². The van der Waals surface area contributed by atoms with E-state index in [0.29, 0.717) is 0 Å². The topological polar surface area (TPSA) is 91.2 Å². The largest absolute Gasteiger partial charge is 0.450 e. The van der Waals surface area contributed by atoms with Crippen LogP contribution in [0.4, 0.5) is 10.5 Å². The number of aryl methyl sites for hydroxylation is 1. The number of amides is 2. The Labute approximate surface area is 123 Å². The number of hydrogen-bond donors (Lipinski definition) is 2. The molecule has 110 valence electrons. The van der Waals surface area contributed by atoms with Crippen molar-refractivity contribution in [3.8, 4) is 6.07 Å². The van der Waals surface area contributed by atoms with Gasteiger partial charge in [-0.15, -0.1) is 0 Å². The Kier molecular flexibility index (Phi) is 6.48. The molecular formula is C15H17N3O3. The predicted molar refractivity (Wildman–Crippen MR) is 78.3 cm³/mol. The molecule has 0 aliphatic rings. The molecule has 21 heavy (non-hydrogen) atoms. The second-order valence-electron chi connectivity index (χ2n) is 4.04. The average Bonchev–Trinajstić information content (AvgIpc) is 2.48. The van der Waals surface area contributed by atoms with Gasteiger partial charge in [0.25, 0.3) is 5.91 Å². The first-order valence-electron chi connectivity index (χ1n) is 6.54. The third kappa shape index (κ3) is 5.37. The lowest BCUT2D eigenvalue weighted by Gasteiger charge is -2.05. The van der Waals surface area contributed by atoms with Gasteiger partial charge >= 0.3 is 6.09 Å². The number of nitrogens with zero attached hydrogens (tertiary/aromatic N) is 1. The Morgan fingerprint density at radius 3 is 2.48 bits per heavy atom. The summed E-state index contributed by atoms with van der Waals surface area (Å²) in [6.45, 7) is 3.81. The van der Waals surface area contributed by atoms with Crippen LogP contribution in [0.2, 0.25) is 0 Å². The molecule has 1 rings (SSSR count). The second kappa shape index (κ2) is 8.38. The van der Waals surface area contributed by atoms with Crippen LogP contribution in [0.3, 0.4) is 0 Å². The fraction of sp³-hybridized carbons (Fsp3) is 0.267. The van der Waals surface area contributed by atoms with Crippen molar-refractivity contribution in [3.63, 3.8) is 0 Å². The summed E-state index contributed by atoms with van der Waals surface area (Å²) in [7, 11) is 0. The third-order valence-corrected chi connectivity index (χ3v) is 2.60. The maximum Gasteiger partial charge on any atom is 0.414 e. The summed E-state index contributed by atoms with van der Waals surface area (Å²) < 4.78 is 4.57. The van der Waals surface area contributed by atoms with E-state index in [-0.39, 0.29) is 12.2 Å². The van der Waals surface area contributed by atoms with Crippen molar-refractivity contribution in [1.29, 1.82) is 5.26 Å². The fourth-order valence-electron chi connectivity index (χ4n) is 1.47. The standard InChI is InChI=1S/C15H17N3O3/c1-3-11-5-7-13(8-6-11)17-10-12(9-16)14(19)18-15(20)21-4-2/h5-8,10,17H,3-4H2,1-2H3,(H,18,19,20).